The molecule has 0 amide bonds. The van der Waals surface area contributed by atoms with Crippen LogP contribution in [-0.4, -0.2) is 33.2 Å². The number of aromatic nitrogens is 4. The van der Waals surface area contributed by atoms with Crippen molar-refractivity contribution < 1.29 is 4.74 Å². The third-order valence-corrected chi connectivity index (χ3v) is 6.53. The molecule has 0 spiro atoms. The Morgan fingerprint density at radius 2 is 1.88 bits per heavy atom. The van der Waals surface area contributed by atoms with Crippen LogP contribution in [0, 0.1) is 0 Å². The summed E-state index contributed by atoms with van der Waals surface area (Å²) in [6, 6.07) is 16.8. The fourth-order valence-electron chi connectivity index (χ4n) is 3.81. The van der Waals surface area contributed by atoms with Gasteiger partial charge in [0.2, 0.25) is 0 Å². The molecule has 5 aromatic rings. The lowest BCUT2D eigenvalue weighted by atomic mass is 10.1. The van der Waals surface area contributed by atoms with Gasteiger partial charge in [-0.1, -0.05) is 30.3 Å². The second kappa shape index (κ2) is 8.59. The minimum Gasteiger partial charge on any atom is -0.497 e. The van der Waals surface area contributed by atoms with E-state index < -0.39 is 0 Å². The molecule has 3 heterocycles. The summed E-state index contributed by atoms with van der Waals surface area (Å²) in [6.45, 7) is 5.02. The minimum atomic E-state index is 0.258. The number of anilines is 1. The van der Waals surface area contributed by atoms with E-state index in [1.807, 2.05) is 18.5 Å². The van der Waals surface area contributed by atoms with Crippen molar-refractivity contribution in [1.29, 1.82) is 0 Å². The van der Waals surface area contributed by atoms with Crippen LogP contribution in [0.2, 0.25) is 0 Å². The Hall–Kier alpha value is -3.45. The molecule has 0 atom stereocenters. The van der Waals surface area contributed by atoms with Crippen molar-refractivity contribution in [3.05, 3.63) is 65.8 Å². The number of ether oxygens (including phenoxy) is 1. The monoisotopic (exact) mass is 443 g/mol. The Morgan fingerprint density at radius 1 is 1.06 bits per heavy atom. The topological polar surface area (TPSA) is 64.9 Å². The van der Waals surface area contributed by atoms with E-state index in [1.165, 1.54) is 15.6 Å². The number of benzene rings is 2. The zero-order valence-corrected chi connectivity index (χ0v) is 19.2. The van der Waals surface area contributed by atoms with Crippen LogP contribution in [0.4, 0.5) is 5.82 Å². The highest BCUT2D eigenvalue weighted by atomic mass is 32.1. The number of imidazole rings is 1. The van der Waals surface area contributed by atoms with Crippen LogP contribution >= 0.6 is 11.3 Å². The first-order valence-electron chi connectivity index (χ1n) is 10.7. The maximum atomic E-state index is 5.25. The molecule has 162 valence electrons. The van der Waals surface area contributed by atoms with Crippen molar-refractivity contribution in [2.75, 3.05) is 19.0 Å². The lowest BCUT2D eigenvalue weighted by Crippen LogP contribution is -2.09. The molecule has 0 bridgehead atoms. The number of hydrogen-bond acceptors (Lipinski definition) is 6. The van der Waals surface area contributed by atoms with Gasteiger partial charge in [0.15, 0.2) is 17.3 Å². The van der Waals surface area contributed by atoms with E-state index in [4.69, 9.17) is 14.7 Å². The van der Waals surface area contributed by atoms with Gasteiger partial charge in [0, 0.05) is 33.6 Å². The number of nitrogens with one attached hydrogen (secondary N) is 1. The molecule has 3 aromatic heterocycles. The lowest BCUT2D eigenvalue weighted by molar-refractivity contribution is 0.414. The Kier molecular flexibility index (Phi) is 5.49. The summed E-state index contributed by atoms with van der Waals surface area (Å²) in [6.07, 6.45) is 2.73. The molecule has 0 aliphatic heterocycles. The van der Waals surface area contributed by atoms with Crippen molar-refractivity contribution >= 4 is 38.4 Å². The van der Waals surface area contributed by atoms with Gasteiger partial charge < -0.3 is 14.6 Å². The summed E-state index contributed by atoms with van der Waals surface area (Å²) >= 11 is 1.72. The Labute approximate surface area is 190 Å². The SMILES string of the molecule is COc1ccc(CCNc2nc(-c3csc4ccccc34)nc3c2ncn3C(C)C)cc1. The van der Waals surface area contributed by atoms with E-state index in [0.29, 0.717) is 0 Å². The van der Waals surface area contributed by atoms with Crippen molar-refractivity contribution in [2.24, 2.45) is 0 Å². The highest BCUT2D eigenvalue weighted by Gasteiger charge is 2.17. The van der Waals surface area contributed by atoms with Crippen molar-refractivity contribution in [3.8, 4) is 17.1 Å². The molecule has 5 rings (SSSR count). The Morgan fingerprint density at radius 3 is 2.66 bits per heavy atom. The molecule has 0 saturated carbocycles. The fraction of sp³-hybridized carbons (Fsp3) is 0.240. The summed E-state index contributed by atoms with van der Waals surface area (Å²) in [5.41, 5.74) is 3.95. The molecule has 1 N–H and O–H groups in total. The summed E-state index contributed by atoms with van der Waals surface area (Å²) in [4.78, 5) is 14.5. The number of fused-ring (bicyclic) bond motifs is 2. The summed E-state index contributed by atoms with van der Waals surface area (Å²) in [5.74, 6) is 2.36. The first kappa shape index (κ1) is 20.5. The molecular formula is C25H25N5OS. The van der Waals surface area contributed by atoms with Crippen LogP contribution in [-0.2, 0) is 6.42 Å². The smallest absolute Gasteiger partial charge is 0.166 e. The predicted octanol–water partition coefficient (Wildman–Crippen LogP) is 5.95. The molecule has 7 heteroatoms. The number of thiophene rings is 1. The van der Waals surface area contributed by atoms with Crippen LogP contribution < -0.4 is 10.1 Å². The Bertz CT molecular complexity index is 1370. The lowest BCUT2D eigenvalue weighted by Gasteiger charge is -2.11. The molecule has 2 aromatic carbocycles. The van der Waals surface area contributed by atoms with Crippen molar-refractivity contribution in [2.45, 2.75) is 26.3 Å². The van der Waals surface area contributed by atoms with Gasteiger partial charge in [-0.3, -0.25) is 0 Å². The van der Waals surface area contributed by atoms with E-state index in [9.17, 15) is 0 Å². The van der Waals surface area contributed by atoms with Gasteiger partial charge in [-0.25, -0.2) is 15.0 Å². The predicted molar refractivity (Wildman–Crippen MR) is 132 cm³/mol. The third kappa shape index (κ3) is 3.80. The number of hydrogen-bond donors (Lipinski definition) is 1. The van der Waals surface area contributed by atoms with Crippen LogP contribution in [0.5, 0.6) is 5.75 Å². The number of nitrogens with zero attached hydrogens (tertiary/aromatic N) is 4. The van der Waals surface area contributed by atoms with Gasteiger partial charge in [0.05, 0.1) is 13.4 Å². The van der Waals surface area contributed by atoms with Crippen LogP contribution in [0.15, 0.2) is 60.2 Å². The van der Waals surface area contributed by atoms with Gasteiger partial charge in [-0.15, -0.1) is 11.3 Å². The molecule has 32 heavy (non-hydrogen) atoms. The highest BCUT2D eigenvalue weighted by Crippen LogP contribution is 2.34. The average molecular weight is 444 g/mol. The van der Waals surface area contributed by atoms with E-state index in [1.54, 1.807) is 18.4 Å². The summed E-state index contributed by atoms with van der Waals surface area (Å²) in [5, 5.41) is 6.83. The summed E-state index contributed by atoms with van der Waals surface area (Å²) in [7, 11) is 1.68. The van der Waals surface area contributed by atoms with Gasteiger partial charge in [-0.2, -0.15) is 0 Å². The quantitative estimate of drug-likeness (QED) is 0.337. The van der Waals surface area contributed by atoms with E-state index in [2.05, 4.69) is 70.5 Å². The molecule has 0 unspecified atom stereocenters. The van der Waals surface area contributed by atoms with Crippen LogP contribution in [0.1, 0.15) is 25.5 Å². The third-order valence-electron chi connectivity index (χ3n) is 5.56. The van der Waals surface area contributed by atoms with Gasteiger partial charge in [0.1, 0.15) is 11.3 Å². The van der Waals surface area contributed by atoms with Crippen molar-refractivity contribution in [3.63, 3.8) is 0 Å². The molecule has 6 nitrogen and oxygen atoms in total. The molecule has 0 aliphatic rings. The maximum Gasteiger partial charge on any atom is 0.166 e. The second-order valence-electron chi connectivity index (χ2n) is 7.98. The average Bonchev–Trinajstić information content (AvgIpc) is 3.44. The number of rotatable bonds is 7. The molecule has 0 radical (unpaired) electrons. The van der Waals surface area contributed by atoms with Gasteiger partial charge in [0.25, 0.3) is 0 Å². The highest BCUT2D eigenvalue weighted by molar-refractivity contribution is 7.17. The second-order valence-corrected chi connectivity index (χ2v) is 8.90. The van der Waals surface area contributed by atoms with E-state index in [-0.39, 0.29) is 6.04 Å². The molecular weight excluding hydrogens is 418 g/mol. The van der Waals surface area contributed by atoms with E-state index in [0.717, 1.165) is 47.1 Å². The Balaban J connectivity index is 1.50. The maximum absolute atomic E-state index is 5.25. The molecule has 0 fully saturated rings. The zero-order valence-electron chi connectivity index (χ0n) is 18.4. The summed E-state index contributed by atoms with van der Waals surface area (Å²) < 4.78 is 8.58. The number of methoxy groups -OCH3 is 1. The van der Waals surface area contributed by atoms with Gasteiger partial charge in [-0.05, 0) is 44.0 Å². The zero-order chi connectivity index (χ0) is 22.1. The van der Waals surface area contributed by atoms with E-state index >= 15 is 0 Å². The normalized spacial score (nSPS) is 11.5. The van der Waals surface area contributed by atoms with Crippen LogP contribution in [0.3, 0.4) is 0 Å². The largest absolute Gasteiger partial charge is 0.497 e. The minimum absolute atomic E-state index is 0.258. The standard InChI is InChI=1S/C25H25N5OS/c1-16(2)30-15-27-22-24(26-13-12-17-8-10-18(31-3)11-9-17)28-23(29-25(22)30)20-14-32-21-7-5-4-6-19(20)21/h4-11,14-16H,12-13H2,1-3H3,(H,26,28,29). The molecule has 0 saturated heterocycles. The first-order chi connectivity index (χ1) is 15.6. The fourth-order valence-corrected chi connectivity index (χ4v) is 4.75. The van der Waals surface area contributed by atoms with Crippen molar-refractivity contribution in [1.82, 2.24) is 19.5 Å². The van der Waals surface area contributed by atoms with Crippen LogP contribution in [0.25, 0.3) is 32.6 Å². The first-order valence-corrected chi connectivity index (χ1v) is 11.6. The molecule has 0 aliphatic carbocycles. The van der Waals surface area contributed by atoms with Gasteiger partial charge >= 0.3 is 0 Å².